The van der Waals surface area contributed by atoms with Gasteiger partial charge in [0.15, 0.2) is 0 Å². The fourth-order valence-corrected chi connectivity index (χ4v) is 7.25. The highest BCUT2D eigenvalue weighted by Gasteiger charge is 2.18. The Kier molecular flexibility index (Phi) is 7.22. The monoisotopic (exact) mass is 623 g/mol. The average Bonchev–Trinajstić information content (AvgIpc) is 3.19. The van der Waals surface area contributed by atoms with E-state index in [4.69, 9.17) is 0 Å². The summed E-state index contributed by atoms with van der Waals surface area (Å²) in [6.45, 7) is 0. The summed E-state index contributed by atoms with van der Waals surface area (Å²) < 4.78 is 0. The molecule has 0 heterocycles. The van der Waals surface area contributed by atoms with E-state index in [2.05, 4.69) is 205 Å². The van der Waals surface area contributed by atoms with Crippen molar-refractivity contribution in [1.29, 1.82) is 0 Å². The lowest BCUT2D eigenvalue weighted by Crippen LogP contribution is -2.10. The van der Waals surface area contributed by atoms with Crippen molar-refractivity contribution in [3.63, 3.8) is 0 Å². The summed E-state index contributed by atoms with van der Waals surface area (Å²) >= 11 is 0. The molecule has 230 valence electrons. The molecule has 0 spiro atoms. The second kappa shape index (κ2) is 12.3. The topological polar surface area (TPSA) is 3.24 Å². The maximum atomic E-state index is 2.41. The van der Waals surface area contributed by atoms with Gasteiger partial charge < -0.3 is 4.90 Å². The molecule has 0 radical (unpaired) electrons. The lowest BCUT2D eigenvalue weighted by Gasteiger charge is -2.28. The van der Waals surface area contributed by atoms with Gasteiger partial charge in [0.2, 0.25) is 0 Å². The number of rotatable bonds is 6. The van der Waals surface area contributed by atoms with Crippen molar-refractivity contribution in [2.24, 2.45) is 0 Å². The fraction of sp³-hybridized carbons (Fsp3) is 0. The van der Waals surface area contributed by atoms with E-state index in [0.29, 0.717) is 0 Å². The Hall–Kier alpha value is -6.44. The van der Waals surface area contributed by atoms with Gasteiger partial charge in [-0.25, -0.2) is 0 Å². The van der Waals surface area contributed by atoms with Crippen LogP contribution in [0.1, 0.15) is 0 Å². The quantitative estimate of drug-likeness (QED) is 0.167. The first-order valence-electron chi connectivity index (χ1n) is 16.8. The number of anilines is 3. The third kappa shape index (κ3) is 5.32. The van der Waals surface area contributed by atoms with Crippen molar-refractivity contribution in [3.8, 4) is 33.4 Å². The third-order valence-corrected chi connectivity index (χ3v) is 9.61. The summed E-state index contributed by atoms with van der Waals surface area (Å²) in [7, 11) is 0. The van der Waals surface area contributed by atoms with Crippen LogP contribution >= 0.6 is 0 Å². The summed E-state index contributed by atoms with van der Waals surface area (Å²) in [6, 6.07) is 72.5. The molecule has 9 aromatic carbocycles. The van der Waals surface area contributed by atoms with Gasteiger partial charge in [0.05, 0.1) is 0 Å². The van der Waals surface area contributed by atoms with Gasteiger partial charge in [-0.1, -0.05) is 158 Å². The van der Waals surface area contributed by atoms with Gasteiger partial charge in [-0.05, 0) is 108 Å². The number of hydrogen-bond donors (Lipinski definition) is 0. The molecule has 0 amide bonds. The lowest BCUT2D eigenvalue weighted by atomic mass is 9.93. The standard InChI is InChI=1S/C48H33N/c1-4-14-34(15-5-1)37-24-26-40(27-25-37)49(42-31-38(35-16-6-2-7-17-35)30-39(32-42)36-18-8-3-9-19-36)41-28-29-47-45-22-11-10-20-43(45)44-21-12-13-23-46(44)48(47)33-41/h1-33H. The predicted molar refractivity (Wildman–Crippen MR) is 210 cm³/mol. The molecular formula is C48H33N. The Bertz CT molecular complexity index is 2480. The lowest BCUT2D eigenvalue weighted by molar-refractivity contribution is 1.29. The molecule has 0 fully saturated rings. The van der Waals surface area contributed by atoms with Gasteiger partial charge in [0.1, 0.15) is 0 Å². The van der Waals surface area contributed by atoms with E-state index in [9.17, 15) is 0 Å². The predicted octanol–water partition coefficient (Wildman–Crippen LogP) is 13.6. The van der Waals surface area contributed by atoms with Gasteiger partial charge in [-0.3, -0.25) is 0 Å². The van der Waals surface area contributed by atoms with Crippen molar-refractivity contribution < 1.29 is 0 Å². The molecule has 0 aliphatic rings. The highest BCUT2D eigenvalue weighted by Crippen LogP contribution is 2.43. The van der Waals surface area contributed by atoms with Crippen molar-refractivity contribution in [3.05, 3.63) is 200 Å². The zero-order valence-electron chi connectivity index (χ0n) is 27.0. The maximum absolute atomic E-state index is 2.41. The van der Waals surface area contributed by atoms with Crippen LogP contribution < -0.4 is 4.90 Å². The summed E-state index contributed by atoms with van der Waals surface area (Å²) in [5.41, 5.74) is 10.5. The first kappa shape index (κ1) is 28.8. The molecule has 0 aliphatic heterocycles. The second-order valence-electron chi connectivity index (χ2n) is 12.6. The Balaban J connectivity index is 1.30. The fourth-order valence-electron chi connectivity index (χ4n) is 7.25. The smallest absolute Gasteiger partial charge is 0.0473 e. The van der Waals surface area contributed by atoms with Crippen LogP contribution in [0.4, 0.5) is 17.1 Å². The summed E-state index contributed by atoms with van der Waals surface area (Å²) in [4.78, 5) is 2.41. The first-order chi connectivity index (χ1) is 24.3. The van der Waals surface area contributed by atoms with Gasteiger partial charge in [0, 0.05) is 17.1 Å². The third-order valence-electron chi connectivity index (χ3n) is 9.61. The van der Waals surface area contributed by atoms with E-state index in [-0.39, 0.29) is 0 Å². The van der Waals surface area contributed by atoms with Gasteiger partial charge >= 0.3 is 0 Å². The highest BCUT2D eigenvalue weighted by atomic mass is 15.1. The highest BCUT2D eigenvalue weighted by molar-refractivity contribution is 6.25. The maximum Gasteiger partial charge on any atom is 0.0473 e. The number of fused-ring (bicyclic) bond motifs is 6. The zero-order valence-corrected chi connectivity index (χ0v) is 27.0. The minimum absolute atomic E-state index is 1.10. The first-order valence-corrected chi connectivity index (χ1v) is 16.8. The molecule has 0 bridgehead atoms. The van der Waals surface area contributed by atoms with E-state index in [1.165, 1.54) is 65.7 Å². The molecule has 9 aromatic rings. The van der Waals surface area contributed by atoms with Crippen LogP contribution in [0.5, 0.6) is 0 Å². The Morgan fingerprint density at radius 1 is 0.204 bits per heavy atom. The van der Waals surface area contributed by atoms with Crippen LogP contribution in [0.25, 0.3) is 65.7 Å². The molecule has 0 unspecified atom stereocenters. The van der Waals surface area contributed by atoms with Crippen LogP contribution in [-0.2, 0) is 0 Å². The van der Waals surface area contributed by atoms with Crippen LogP contribution in [0.15, 0.2) is 200 Å². The molecule has 0 saturated heterocycles. The van der Waals surface area contributed by atoms with E-state index in [1.807, 2.05) is 0 Å². The molecular weight excluding hydrogens is 591 g/mol. The minimum atomic E-state index is 1.10. The average molecular weight is 624 g/mol. The largest absolute Gasteiger partial charge is 0.310 e. The van der Waals surface area contributed by atoms with Crippen molar-refractivity contribution in [1.82, 2.24) is 0 Å². The van der Waals surface area contributed by atoms with Crippen LogP contribution in [0, 0.1) is 0 Å². The summed E-state index contributed by atoms with van der Waals surface area (Å²) in [5.74, 6) is 0. The number of hydrogen-bond acceptors (Lipinski definition) is 1. The van der Waals surface area contributed by atoms with Gasteiger partial charge in [-0.15, -0.1) is 0 Å². The number of benzene rings is 9. The minimum Gasteiger partial charge on any atom is -0.310 e. The molecule has 9 rings (SSSR count). The zero-order chi connectivity index (χ0) is 32.6. The summed E-state index contributed by atoms with van der Waals surface area (Å²) in [5, 5.41) is 7.62. The van der Waals surface area contributed by atoms with E-state index in [0.717, 1.165) is 17.1 Å². The van der Waals surface area contributed by atoms with E-state index in [1.54, 1.807) is 0 Å². The van der Waals surface area contributed by atoms with Crippen LogP contribution in [0.3, 0.4) is 0 Å². The molecule has 0 N–H and O–H groups in total. The molecule has 49 heavy (non-hydrogen) atoms. The summed E-state index contributed by atoms with van der Waals surface area (Å²) in [6.07, 6.45) is 0. The van der Waals surface area contributed by atoms with Crippen molar-refractivity contribution in [2.45, 2.75) is 0 Å². The van der Waals surface area contributed by atoms with Crippen molar-refractivity contribution in [2.75, 3.05) is 4.90 Å². The molecule has 0 atom stereocenters. The molecule has 0 aromatic heterocycles. The van der Waals surface area contributed by atoms with E-state index >= 15 is 0 Å². The molecule has 1 heteroatoms. The van der Waals surface area contributed by atoms with Crippen molar-refractivity contribution >= 4 is 49.4 Å². The van der Waals surface area contributed by atoms with Gasteiger partial charge in [0.25, 0.3) is 0 Å². The number of nitrogens with zero attached hydrogens (tertiary/aromatic N) is 1. The van der Waals surface area contributed by atoms with Crippen LogP contribution in [0.2, 0.25) is 0 Å². The van der Waals surface area contributed by atoms with Gasteiger partial charge in [-0.2, -0.15) is 0 Å². The molecule has 0 saturated carbocycles. The second-order valence-corrected chi connectivity index (χ2v) is 12.6. The SMILES string of the molecule is c1ccc(-c2ccc(N(c3cc(-c4ccccc4)cc(-c4ccccc4)c3)c3ccc4c5ccccc5c5ccccc5c4c3)cc2)cc1. The molecule has 1 nitrogen and oxygen atoms in total. The normalized spacial score (nSPS) is 11.3. The van der Waals surface area contributed by atoms with Crippen LogP contribution in [-0.4, -0.2) is 0 Å². The Morgan fingerprint density at radius 3 is 1.06 bits per heavy atom. The Morgan fingerprint density at radius 2 is 0.571 bits per heavy atom. The molecule has 0 aliphatic carbocycles. The van der Waals surface area contributed by atoms with E-state index < -0.39 is 0 Å². The Labute approximate surface area is 287 Å².